The number of rotatable bonds is 6. The van der Waals surface area contributed by atoms with Crippen LogP contribution in [0.15, 0.2) is 35.4 Å². The molecule has 0 unspecified atom stereocenters. The zero-order valence-corrected chi connectivity index (χ0v) is 12.4. The number of aromatic nitrogens is 1. The molecule has 0 aliphatic heterocycles. The van der Waals surface area contributed by atoms with E-state index in [9.17, 15) is 13.0 Å². The van der Waals surface area contributed by atoms with Crippen molar-refractivity contribution < 1.29 is 13.0 Å². The van der Waals surface area contributed by atoms with E-state index in [-0.39, 0.29) is 4.90 Å². The van der Waals surface area contributed by atoms with Crippen molar-refractivity contribution >= 4 is 21.0 Å². The fraction of sp³-hybridized carbons (Fsp3) is 0.400. The first-order chi connectivity index (χ1) is 9.52. The Morgan fingerprint density at radius 2 is 2.00 bits per heavy atom. The fourth-order valence-electron chi connectivity index (χ4n) is 2.32. The normalized spacial score (nSPS) is 11.9. The number of unbranched alkanes of at least 4 members (excludes halogenated alkanes) is 3. The number of hydrogen-bond acceptors (Lipinski definition) is 3. The molecule has 0 bridgehead atoms. The predicted molar refractivity (Wildman–Crippen MR) is 79.4 cm³/mol. The van der Waals surface area contributed by atoms with Crippen LogP contribution in [-0.4, -0.2) is 18.0 Å². The van der Waals surface area contributed by atoms with Crippen molar-refractivity contribution in [1.29, 1.82) is 0 Å². The summed E-state index contributed by atoms with van der Waals surface area (Å²) in [7, 11) is -4.25. The Hall–Kier alpha value is -1.46. The minimum absolute atomic E-state index is 0.0962. The zero-order chi connectivity index (χ0) is 14.6. The highest BCUT2D eigenvalue weighted by molar-refractivity contribution is 7.86. The van der Waals surface area contributed by atoms with E-state index in [1.165, 1.54) is 18.7 Å². The maximum Gasteiger partial charge on any atom is 0.296 e. The topological polar surface area (TPSA) is 67.3 Å². The first-order valence-corrected chi connectivity index (χ1v) is 8.31. The second kappa shape index (κ2) is 6.33. The lowest BCUT2D eigenvalue weighted by Gasteiger charge is -2.07. The lowest BCUT2D eigenvalue weighted by atomic mass is 10.0. The maximum absolute atomic E-state index is 11.5. The summed E-state index contributed by atoms with van der Waals surface area (Å²) in [5, 5.41) is 0.744. The highest BCUT2D eigenvalue weighted by atomic mass is 32.2. The van der Waals surface area contributed by atoms with Crippen molar-refractivity contribution in [1.82, 2.24) is 4.98 Å². The molecule has 0 spiro atoms. The van der Waals surface area contributed by atoms with E-state index < -0.39 is 10.1 Å². The van der Waals surface area contributed by atoms with Crippen molar-refractivity contribution in [2.45, 2.75) is 43.9 Å². The summed E-state index contributed by atoms with van der Waals surface area (Å²) in [5.41, 5.74) is 1.25. The second-order valence-electron chi connectivity index (χ2n) is 4.95. The van der Waals surface area contributed by atoms with Crippen LogP contribution >= 0.6 is 0 Å². The Labute approximate surface area is 119 Å². The molecular weight excluding hydrogens is 274 g/mol. The van der Waals surface area contributed by atoms with Gasteiger partial charge in [0.25, 0.3) is 10.1 Å². The van der Waals surface area contributed by atoms with Crippen molar-refractivity contribution in [2.24, 2.45) is 0 Å². The lowest BCUT2D eigenvalue weighted by molar-refractivity contribution is 0.484. The van der Waals surface area contributed by atoms with Gasteiger partial charge in [0.2, 0.25) is 0 Å². The number of nitrogens with zero attached hydrogens (tertiary/aromatic N) is 1. The van der Waals surface area contributed by atoms with Crippen molar-refractivity contribution in [3.63, 3.8) is 0 Å². The second-order valence-corrected chi connectivity index (χ2v) is 6.34. The third kappa shape index (κ3) is 3.55. The average molecular weight is 293 g/mol. The van der Waals surface area contributed by atoms with Crippen LogP contribution in [-0.2, 0) is 16.5 Å². The largest absolute Gasteiger partial charge is 0.296 e. The SMILES string of the molecule is CCCCCCc1cc(S(=O)(=O)O)c2ncccc2c1. The van der Waals surface area contributed by atoms with Crippen LogP contribution in [0.25, 0.3) is 10.9 Å². The Bertz CT molecular complexity index is 695. The van der Waals surface area contributed by atoms with Gasteiger partial charge in [-0.05, 0) is 36.6 Å². The van der Waals surface area contributed by atoms with Crippen LogP contribution in [0.5, 0.6) is 0 Å². The molecule has 0 aliphatic carbocycles. The third-order valence-corrected chi connectivity index (χ3v) is 4.19. The van der Waals surface area contributed by atoms with Crippen LogP contribution in [0.4, 0.5) is 0 Å². The molecule has 4 nitrogen and oxygen atoms in total. The summed E-state index contributed by atoms with van der Waals surface area (Å²) < 4.78 is 32.3. The van der Waals surface area contributed by atoms with Crippen LogP contribution in [0, 0.1) is 0 Å². The van der Waals surface area contributed by atoms with Crippen molar-refractivity contribution in [3.05, 3.63) is 36.0 Å². The van der Waals surface area contributed by atoms with Gasteiger partial charge in [-0.25, -0.2) is 0 Å². The molecule has 5 heteroatoms. The molecule has 0 saturated heterocycles. The standard InChI is InChI=1S/C15H19NO3S/c1-2-3-4-5-7-12-10-13-8-6-9-16-15(13)14(11-12)20(17,18)19/h6,8-11H,2-5,7H2,1H3,(H,17,18,19). The van der Waals surface area contributed by atoms with Gasteiger partial charge in [-0.1, -0.05) is 32.3 Å². The highest BCUT2D eigenvalue weighted by Gasteiger charge is 2.16. The minimum atomic E-state index is -4.25. The van der Waals surface area contributed by atoms with Gasteiger partial charge in [-0.15, -0.1) is 0 Å². The van der Waals surface area contributed by atoms with Gasteiger partial charge in [-0.3, -0.25) is 9.54 Å². The molecule has 0 atom stereocenters. The number of benzene rings is 1. The van der Waals surface area contributed by atoms with Gasteiger partial charge >= 0.3 is 0 Å². The molecule has 0 amide bonds. The van der Waals surface area contributed by atoms with E-state index >= 15 is 0 Å². The Kier molecular flexibility index (Phi) is 4.73. The first-order valence-electron chi connectivity index (χ1n) is 6.87. The molecule has 2 rings (SSSR count). The molecule has 1 aromatic carbocycles. The van der Waals surface area contributed by atoms with Crippen LogP contribution in [0.2, 0.25) is 0 Å². The van der Waals surface area contributed by atoms with Gasteiger partial charge in [0.15, 0.2) is 0 Å². The zero-order valence-electron chi connectivity index (χ0n) is 11.5. The third-order valence-electron chi connectivity index (χ3n) is 3.33. The summed E-state index contributed by atoms with van der Waals surface area (Å²) in [6.07, 6.45) is 6.83. The van der Waals surface area contributed by atoms with Gasteiger partial charge < -0.3 is 0 Å². The molecule has 108 valence electrons. The molecular formula is C15H19NO3S. The number of fused-ring (bicyclic) bond motifs is 1. The van der Waals surface area contributed by atoms with E-state index in [4.69, 9.17) is 0 Å². The molecule has 0 fully saturated rings. The average Bonchev–Trinajstić information content (AvgIpc) is 2.42. The van der Waals surface area contributed by atoms with Gasteiger partial charge in [0.05, 0.1) is 5.52 Å². The van der Waals surface area contributed by atoms with Crippen molar-refractivity contribution in [3.8, 4) is 0 Å². The van der Waals surface area contributed by atoms with Crippen LogP contribution in [0.3, 0.4) is 0 Å². The molecule has 20 heavy (non-hydrogen) atoms. The molecule has 2 aromatic rings. The van der Waals surface area contributed by atoms with E-state index in [0.717, 1.165) is 36.6 Å². The Morgan fingerprint density at radius 1 is 1.20 bits per heavy atom. The smallest absolute Gasteiger partial charge is 0.282 e. The minimum Gasteiger partial charge on any atom is -0.282 e. The molecule has 0 radical (unpaired) electrons. The lowest BCUT2D eigenvalue weighted by Crippen LogP contribution is -2.02. The van der Waals surface area contributed by atoms with Crippen LogP contribution in [0.1, 0.15) is 38.2 Å². The summed E-state index contributed by atoms with van der Waals surface area (Å²) in [4.78, 5) is 3.96. The van der Waals surface area contributed by atoms with Gasteiger partial charge in [0, 0.05) is 11.6 Å². The summed E-state index contributed by atoms with van der Waals surface area (Å²) in [6, 6.07) is 7.06. The molecule has 1 heterocycles. The number of aryl methyl sites for hydroxylation is 1. The van der Waals surface area contributed by atoms with E-state index in [1.54, 1.807) is 6.07 Å². The number of hydrogen-bond donors (Lipinski definition) is 1. The quantitative estimate of drug-likeness (QED) is 0.652. The first kappa shape index (κ1) is 14.9. The van der Waals surface area contributed by atoms with Gasteiger partial charge in [0.1, 0.15) is 4.90 Å². The van der Waals surface area contributed by atoms with Crippen molar-refractivity contribution in [2.75, 3.05) is 0 Å². The Morgan fingerprint density at radius 3 is 2.70 bits per heavy atom. The molecule has 1 N–H and O–H groups in total. The highest BCUT2D eigenvalue weighted by Crippen LogP contribution is 2.24. The monoisotopic (exact) mass is 293 g/mol. The van der Waals surface area contributed by atoms with E-state index in [2.05, 4.69) is 11.9 Å². The number of pyridine rings is 1. The summed E-state index contributed by atoms with van der Waals surface area (Å²) >= 11 is 0. The summed E-state index contributed by atoms with van der Waals surface area (Å²) in [5.74, 6) is 0. The van der Waals surface area contributed by atoms with E-state index in [0.29, 0.717) is 5.52 Å². The molecule has 1 aromatic heterocycles. The summed E-state index contributed by atoms with van der Waals surface area (Å²) in [6.45, 7) is 2.15. The molecule has 0 aliphatic rings. The Balaban J connectivity index is 2.38. The fourth-order valence-corrected chi connectivity index (χ4v) is 3.03. The van der Waals surface area contributed by atoms with Crippen LogP contribution < -0.4 is 0 Å². The molecule has 0 saturated carbocycles. The predicted octanol–water partition coefficient (Wildman–Crippen LogP) is 3.60. The van der Waals surface area contributed by atoms with Gasteiger partial charge in [-0.2, -0.15) is 8.42 Å². The maximum atomic E-state index is 11.5. The van der Waals surface area contributed by atoms with E-state index in [1.807, 2.05) is 12.1 Å².